The van der Waals surface area contributed by atoms with Gasteiger partial charge in [0.05, 0.1) is 0 Å². The highest BCUT2D eigenvalue weighted by molar-refractivity contribution is 5.79. The minimum Gasteiger partial charge on any atom is -0.382 e. The summed E-state index contributed by atoms with van der Waals surface area (Å²) in [5, 5.41) is 7.05. The SMILES string of the molecule is Cc1nc(N)c2nonc2n1. The van der Waals surface area contributed by atoms with Gasteiger partial charge in [-0.25, -0.2) is 14.6 Å². The van der Waals surface area contributed by atoms with Crippen LogP contribution >= 0.6 is 0 Å². The fraction of sp³-hybridized carbons (Fsp3) is 0.200. The van der Waals surface area contributed by atoms with Gasteiger partial charge < -0.3 is 5.73 Å². The van der Waals surface area contributed by atoms with Gasteiger partial charge in [0.15, 0.2) is 11.3 Å². The molecule has 0 bridgehead atoms. The van der Waals surface area contributed by atoms with E-state index in [9.17, 15) is 0 Å². The molecule has 0 fully saturated rings. The van der Waals surface area contributed by atoms with Crippen LogP contribution in [-0.4, -0.2) is 20.3 Å². The van der Waals surface area contributed by atoms with Crippen molar-refractivity contribution in [3.05, 3.63) is 5.82 Å². The van der Waals surface area contributed by atoms with Crippen LogP contribution in [0.4, 0.5) is 5.82 Å². The molecule has 2 rings (SSSR count). The minimum absolute atomic E-state index is 0.300. The molecule has 0 aliphatic rings. The van der Waals surface area contributed by atoms with Crippen molar-refractivity contribution in [1.82, 2.24) is 20.3 Å². The first kappa shape index (κ1) is 6.02. The summed E-state index contributed by atoms with van der Waals surface area (Å²) in [4.78, 5) is 7.82. The molecule has 6 nitrogen and oxygen atoms in total. The van der Waals surface area contributed by atoms with Crippen LogP contribution in [0.15, 0.2) is 4.63 Å². The molecule has 0 atom stereocenters. The number of rotatable bonds is 0. The summed E-state index contributed by atoms with van der Waals surface area (Å²) in [6.45, 7) is 1.73. The van der Waals surface area contributed by atoms with E-state index in [1.807, 2.05) is 0 Å². The van der Waals surface area contributed by atoms with Gasteiger partial charge in [0, 0.05) is 0 Å². The number of aryl methyl sites for hydroxylation is 1. The Morgan fingerprint density at radius 3 is 2.91 bits per heavy atom. The van der Waals surface area contributed by atoms with E-state index in [2.05, 4.69) is 24.9 Å². The first-order valence-electron chi connectivity index (χ1n) is 3.00. The Morgan fingerprint density at radius 1 is 1.27 bits per heavy atom. The molecule has 0 unspecified atom stereocenters. The first-order chi connectivity index (χ1) is 5.27. The third-order valence-electron chi connectivity index (χ3n) is 1.26. The molecule has 56 valence electrons. The number of aromatic nitrogens is 4. The van der Waals surface area contributed by atoms with Gasteiger partial charge in [0.25, 0.3) is 0 Å². The van der Waals surface area contributed by atoms with Crippen LogP contribution < -0.4 is 5.73 Å². The van der Waals surface area contributed by atoms with Crippen molar-refractivity contribution in [3.8, 4) is 0 Å². The maximum Gasteiger partial charge on any atom is 0.229 e. The van der Waals surface area contributed by atoms with Gasteiger partial charge >= 0.3 is 0 Å². The molecule has 0 saturated carbocycles. The fourth-order valence-corrected chi connectivity index (χ4v) is 0.824. The summed E-state index contributed by atoms with van der Waals surface area (Å²) in [6.07, 6.45) is 0. The summed E-state index contributed by atoms with van der Waals surface area (Å²) in [5.74, 6) is 0.861. The van der Waals surface area contributed by atoms with Gasteiger partial charge in [-0.15, -0.1) is 0 Å². The third-order valence-corrected chi connectivity index (χ3v) is 1.26. The predicted octanol–water partition coefficient (Wildman–Crippen LogP) is -0.0966. The van der Waals surface area contributed by atoms with E-state index in [0.717, 1.165) is 0 Å². The second kappa shape index (κ2) is 1.88. The predicted molar refractivity (Wildman–Crippen MR) is 36.5 cm³/mol. The number of nitrogen functional groups attached to an aromatic ring is 1. The van der Waals surface area contributed by atoms with E-state index in [4.69, 9.17) is 5.73 Å². The highest BCUT2D eigenvalue weighted by Crippen LogP contribution is 2.11. The molecule has 0 aliphatic carbocycles. The van der Waals surface area contributed by atoms with Crippen molar-refractivity contribution in [3.63, 3.8) is 0 Å². The normalized spacial score (nSPS) is 10.6. The molecule has 2 heterocycles. The average molecular weight is 151 g/mol. The topological polar surface area (TPSA) is 90.7 Å². The smallest absolute Gasteiger partial charge is 0.229 e. The molecule has 0 aromatic carbocycles. The van der Waals surface area contributed by atoms with Crippen LogP contribution in [-0.2, 0) is 0 Å². The highest BCUT2D eigenvalue weighted by atomic mass is 16.6. The van der Waals surface area contributed by atoms with Crippen LogP contribution in [0.2, 0.25) is 0 Å². The minimum atomic E-state index is 0.300. The van der Waals surface area contributed by atoms with Crippen molar-refractivity contribution in [2.45, 2.75) is 6.92 Å². The number of fused-ring (bicyclic) bond motifs is 1. The van der Waals surface area contributed by atoms with E-state index in [0.29, 0.717) is 22.8 Å². The zero-order chi connectivity index (χ0) is 7.84. The number of hydrogen-bond acceptors (Lipinski definition) is 6. The second-order valence-electron chi connectivity index (χ2n) is 2.09. The van der Waals surface area contributed by atoms with Gasteiger partial charge in [-0.3, -0.25) is 0 Å². The van der Waals surface area contributed by atoms with Crippen molar-refractivity contribution in [1.29, 1.82) is 0 Å². The van der Waals surface area contributed by atoms with Crippen LogP contribution in [0.25, 0.3) is 11.2 Å². The Morgan fingerprint density at radius 2 is 2.09 bits per heavy atom. The Labute approximate surface area is 61.4 Å². The largest absolute Gasteiger partial charge is 0.382 e. The maximum absolute atomic E-state index is 5.49. The Hall–Kier alpha value is -1.72. The van der Waals surface area contributed by atoms with Gasteiger partial charge in [-0.05, 0) is 17.2 Å². The molecule has 0 radical (unpaired) electrons. The van der Waals surface area contributed by atoms with Crippen molar-refractivity contribution >= 4 is 17.0 Å². The molecule has 6 heteroatoms. The maximum atomic E-state index is 5.49. The molecule has 2 aromatic heterocycles. The molecule has 0 aliphatic heterocycles. The lowest BCUT2D eigenvalue weighted by molar-refractivity contribution is 0.315. The lowest BCUT2D eigenvalue weighted by atomic mass is 10.5. The zero-order valence-electron chi connectivity index (χ0n) is 5.77. The van der Waals surface area contributed by atoms with Crippen molar-refractivity contribution < 1.29 is 4.63 Å². The Balaban J connectivity index is 2.91. The molecule has 2 aromatic rings. The van der Waals surface area contributed by atoms with Gasteiger partial charge in [0.1, 0.15) is 5.82 Å². The molecule has 0 amide bonds. The van der Waals surface area contributed by atoms with Crippen LogP contribution in [0, 0.1) is 6.92 Å². The van der Waals surface area contributed by atoms with Crippen LogP contribution in [0.5, 0.6) is 0 Å². The van der Waals surface area contributed by atoms with E-state index in [1.54, 1.807) is 6.92 Å². The summed E-state index contributed by atoms with van der Waals surface area (Å²) >= 11 is 0. The zero-order valence-corrected chi connectivity index (χ0v) is 5.77. The number of nitrogens with two attached hydrogens (primary N) is 1. The Kier molecular flexibility index (Phi) is 1.03. The average Bonchev–Trinajstić information content (AvgIpc) is 2.34. The number of nitrogens with zero attached hydrogens (tertiary/aromatic N) is 4. The van der Waals surface area contributed by atoms with Gasteiger partial charge in [-0.1, -0.05) is 0 Å². The number of hydrogen-bond donors (Lipinski definition) is 1. The van der Waals surface area contributed by atoms with Crippen molar-refractivity contribution in [2.24, 2.45) is 0 Å². The van der Waals surface area contributed by atoms with E-state index >= 15 is 0 Å². The standard InChI is InChI=1S/C5H5N5O/c1-2-7-4(6)3-5(8-2)10-11-9-3/h1H3,(H2,6,7,8,10). The Bertz CT molecular complexity index is 395. The van der Waals surface area contributed by atoms with E-state index in [1.165, 1.54) is 0 Å². The first-order valence-corrected chi connectivity index (χ1v) is 3.00. The number of anilines is 1. The summed E-state index contributed by atoms with van der Waals surface area (Å²) in [7, 11) is 0. The van der Waals surface area contributed by atoms with E-state index < -0.39 is 0 Å². The van der Waals surface area contributed by atoms with Crippen LogP contribution in [0.1, 0.15) is 5.82 Å². The molecule has 2 N–H and O–H groups in total. The van der Waals surface area contributed by atoms with Gasteiger partial charge in [0.2, 0.25) is 5.65 Å². The highest BCUT2D eigenvalue weighted by Gasteiger charge is 2.06. The summed E-state index contributed by atoms with van der Waals surface area (Å²) in [6, 6.07) is 0. The third kappa shape index (κ3) is 0.794. The lowest BCUT2D eigenvalue weighted by Crippen LogP contribution is -1.96. The molecule has 11 heavy (non-hydrogen) atoms. The van der Waals surface area contributed by atoms with Gasteiger partial charge in [-0.2, -0.15) is 0 Å². The quantitative estimate of drug-likeness (QED) is 0.565. The fourth-order valence-electron chi connectivity index (χ4n) is 0.824. The molecule has 0 saturated heterocycles. The summed E-state index contributed by atoms with van der Waals surface area (Å²) < 4.78 is 4.42. The van der Waals surface area contributed by atoms with E-state index in [-0.39, 0.29) is 0 Å². The molecule has 0 spiro atoms. The summed E-state index contributed by atoms with van der Waals surface area (Å²) in [5.41, 5.74) is 6.30. The molecular weight excluding hydrogens is 146 g/mol. The lowest BCUT2D eigenvalue weighted by Gasteiger charge is -1.91. The molecular formula is C5H5N5O. The van der Waals surface area contributed by atoms with Crippen molar-refractivity contribution in [2.75, 3.05) is 5.73 Å². The monoisotopic (exact) mass is 151 g/mol. The van der Waals surface area contributed by atoms with Crippen LogP contribution in [0.3, 0.4) is 0 Å². The second-order valence-corrected chi connectivity index (χ2v) is 2.09.